The highest BCUT2D eigenvalue weighted by Crippen LogP contribution is 2.39. The fourth-order valence-corrected chi connectivity index (χ4v) is 7.59. The molecule has 18 atom stereocenters. The van der Waals surface area contributed by atoms with Crippen molar-refractivity contribution in [2.75, 3.05) is 27.7 Å². The lowest BCUT2D eigenvalue weighted by molar-refractivity contribution is -0.317. The van der Waals surface area contributed by atoms with Crippen molar-refractivity contribution in [2.45, 2.75) is 193 Å². The highest BCUT2D eigenvalue weighted by atomic mass is 16.7. The molecule has 14 heteroatoms. The molecule has 0 aromatic rings. The maximum Gasteiger partial charge on any atom is 0.311 e. The van der Waals surface area contributed by atoms with E-state index in [1.807, 2.05) is 60.5 Å². The van der Waals surface area contributed by atoms with E-state index >= 15 is 0 Å². The maximum atomic E-state index is 13.7. The van der Waals surface area contributed by atoms with Gasteiger partial charge in [0.15, 0.2) is 12.6 Å². The molecule has 2 aliphatic rings. The van der Waals surface area contributed by atoms with Gasteiger partial charge in [-0.2, -0.15) is 0 Å². The zero-order valence-corrected chi connectivity index (χ0v) is 34.3. The van der Waals surface area contributed by atoms with E-state index in [0.717, 1.165) is 0 Å². The fraction of sp³-hybridized carbons (Fsp3) is 0.974. The fourth-order valence-electron chi connectivity index (χ4n) is 7.59. The van der Waals surface area contributed by atoms with Gasteiger partial charge >= 0.3 is 5.97 Å². The van der Waals surface area contributed by atoms with E-state index in [-0.39, 0.29) is 43.1 Å². The third-order valence-corrected chi connectivity index (χ3v) is 11.3. The van der Waals surface area contributed by atoms with Gasteiger partial charge in [0.05, 0.1) is 59.8 Å². The Hall–Kier alpha value is -1.01. The van der Waals surface area contributed by atoms with Crippen LogP contribution in [0.1, 0.15) is 102 Å². The third-order valence-electron chi connectivity index (χ3n) is 11.3. The van der Waals surface area contributed by atoms with Gasteiger partial charge in [-0.25, -0.2) is 0 Å². The predicted octanol–water partition coefficient (Wildman–Crippen LogP) is 2.19. The molecule has 2 fully saturated rings. The Kier molecular flexibility index (Phi) is 18.4. The number of carbonyl (C=O) groups is 1. The topological polar surface area (TPSA) is 189 Å². The lowest BCUT2D eigenvalue weighted by atomic mass is 9.78. The van der Waals surface area contributed by atoms with Gasteiger partial charge in [-0.05, 0) is 94.7 Å². The summed E-state index contributed by atoms with van der Waals surface area (Å²) in [5.41, 5.74) is -2.58. The summed E-state index contributed by atoms with van der Waals surface area (Å²) in [6.45, 7) is 20.0. The number of nitrogens with zero attached hydrogens (tertiary/aromatic N) is 1. The second-order valence-corrected chi connectivity index (χ2v) is 16.5. The monoisotopic (exact) mass is 751 g/mol. The highest BCUT2D eigenvalue weighted by Gasteiger charge is 2.51. The van der Waals surface area contributed by atoms with Crippen LogP contribution in [0.2, 0.25) is 0 Å². The van der Waals surface area contributed by atoms with Crippen molar-refractivity contribution in [3.05, 3.63) is 0 Å². The molecular weight excluding hydrogens is 676 g/mol. The van der Waals surface area contributed by atoms with Crippen molar-refractivity contribution >= 4 is 5.97 Å². The molecule has 52 heavy (non-hydrogen) atoms. The Morgan fingerprint density at radius 2 is 1.67 bits per heavy atom. The number of carbonyl (C=O) groups excluding carboxylic acids is 1. The molecule has 14 nitrogen and oxygen atoms in total. The van der Waals surface area contributed by atoms with Crippen LogP contribution in [-0.2, 0) is 33.2 Å². The minimum absolute atomic E-state index is 0.164. The van der Waals surface area contributed by atoms with Crippen LogP contribution in [0.25, 0.3) is 0 Å². The van der Waals surface area contributed by atoms with Crippen molar-refractivity contribution < 1.29 is 58.7 Å². The second-order valence-electron chi connectivity index (χ2n) is 16.5. The molecule has 2 heterocycles. The molecule has 2 aliphatic heterocycles. The zero-order valence-electron chi connectivity index (χ0n) is 34.3. The van der Waals surface area contributed by atoms with Crippen LogP contribution in [0.4, 0.5) is 0 Å². The molecule has 2 saturated heterocycles. The minimum atomic E-state index is -1.59. The Bertz CT molecular complexity index is 1070. The van der Waals surface area contributed by atoms with Crippen LogP contribution in [0.5, 0.6) is 0 Å². The molecule has 0 bridgehead atoms. The normalized spacial score (nSPS) is 35.0. The molecule has 17 unspecified atom stereocenters. The Balaban J connectivity index is 2.57. The van der Waals surface area contributed by atoms with E-state index in [2.05, 4.69) is 5.32 Å². The van der Waals surface area contributed by atoms with Crippen LogP contribution in [0.3, 0.4) is 0 Å². The van der Waals surface area contributed by atoms with Crippen molar-refractivity contribution in [1.29, 1.82) is 0 Å². The summed E-state index contributed by atoms with van der Waals surface area (Å²) < 4.78 is 37.2. The van der Waals surface area contributed by atoms with Crippen molar-refractivity contribution in [3.63, 3.8) is 0 Å². The third kappa shape index (κ3) is 12.5. The molecule has 0 radical (unpaired) electrons. The molecule has 308 valence electrons. The lowest BCUT2D eigenvalue weighted by Crippen LogP contribution is -2.60. The smallest absolute Gasteiger partial charge is 0.311 e. The van der Waals surface area contributed by atoms with E-state index in [1.165, 1.54) is 14.0 Å². The first-order valence-corrected chi connectivity index (χ1v) is 19.2. The molecule has 0 aromatic carbocycles. The maximum absolute atomic E-state index is 13.7. The van der Waals surface area contributed by atoms with Gasteiger partial charge in [0, 0.05) is 38.1 Å². The average Bonchev–Trinajstić information content (AvgIpc) is 3.06. The lowest BCUT2D eigenvalue weighted by Gasteiger charge is -2.48. The highest BCUT2D eigenvalue weighted by molar-refractivity contribution is 5.73. The summed E-state index contributed by atoms with van der Waals surface area (Å²) >= 11 is 0. The summed E-state index contributed by atoms with van der Waals surface area (Å²) in [6.07, 6.45) is -7.50. The van der Waals surface area contributed by atoms with Crippen LogP contribution in [-0.4, -0.2) is 155 Å². The van der Waals surface area contributed by atoms with Gasteiger partial charge < -0.3 is 64.2 Å². The van der Waals surface area contributed by atoms with Crippen molar-refractivity contribution in [2.24, 2.45) is 17.8 Å². The summed E-state index contributed by atoms with van der Waals surface area (Å²) in [4.78, 5) is 15.6. The summed E-state index contributed by atoms with van der Waals surface area (Å²) in [7, 11) is 5.28. The number of likely N-dealkylation sites (N-methyl/N-ethyl adjacent to an activating group) is 1. The van der Waals surface area contributed by atoms with E-state index in [4.69, 9.17) is 28.4 Å². The average molecular weight is 751 g/mol. The molecule has 0 aliphatic carbocycles. The Morgan fingerprint density at radius 1 is 1.06 bits per heavy atom. The van der Waals surface area contributed by atoms with Gasteiger partial charge in [0.2, 0.25) is 0 Å². The number of rotatable bonds is 20. The number of methoxy groups -OCH3 is 1. The van der Waals surface area contributed by atoms with Crippen molar-refractivity contribution in [3.8, 4) is 0 Å². The van der Waals surface area contributed by atoms with Crippen LogP contribution >= 0.6 is 0 Å². The first-order valence-electron chi connectivity index (χ1n) is 19.2. The molecule has 2 rings (SSSR count). The van der Waals surface area contributed by atoms with Crippen molar-refractivity contribution in [1.82, 2.24) is 10.2 Å². The largest absolute Gasteiger partial charge is 0.462 e. The first-order chi connectivity index (χ1) is 24.0. The molecule has 0 saturated carbocycles. The van der Waals surface area contributed by atoms with E-state index in [1.54, 1.807) is 27.7 Å². The van der Waals surface area contributed by atoms with E-state index in [9.17, 15) is 30.3 Å². The summed E-state index contributed by atoms with van der Waals surface area (Å²) in [5, 5.41) is 58.4. The molecule has 0 spiro atoms. The number of aliphatic hydroxyl groups is 5. The standard InChI is InChI=1S/C38H74N2O12/c1-15-22(4)48-35(45)25(7)32(51-29-18-38(11,47-14)33(44)27(9)50-29)24(6)34(52-36-31(43)28(40(12)13)16-23(5)49-36)37(10,46)17-21(3)39-19-20(2)30(42)26(8)41/h20-34,36,39,41-44,46H,15-19H2,1-14H3/t20?,21?,22-,23?,24?,25?,26?,27?,28?,29?,30?,31?,32?,33?,34?,36?,37?,38?/m0/s1. The second kappa shape index (κ2) is 20.2. The van der Waals surface area contributed by atoms with Gasteiger partial charge in [0.1, 0.15) is 12.2 Å². The minimum Gasteiger partial charge on any atom is -0.462 e. The number of hydrogen-bond donors (Lipinski definition) is 6. The van der Waals surface area contributed by atoms with Gasteiger partial charge in [-0.15, -0.1) is 0 Å². The van der Waals surface area contributed by atoms with Crippen LogP contribution in [0.15, 0.2) is 0 Å². The summed E-state index contributed by atoms with van der Waals surface area (Å²) in [6, 6.07) is -0.565. The molecular formula is C38H74N2O12. The number of nitrogens with one attached hydrogen (secondary N) is 1. The molecule has 0 aromatic heterocycles. The number of ether oxygens (including phenoxy) is 6. The molecule has 0 amide bonds. The van der Waals surface area contributed by atoms with Gasteiger partial charge in [-0.3, -0.25) is 4.79 Å². The molecule has 6 N–H and O–H groups in total. The van der Waals surface area contributed by atoms with Crippen LogP contribution in [0, 0.1) is 17.8 Å². The van der Waals surface area contributed by atoms with Crippen LogP contribution < -0.4 is 5.32 Å². The Morgan fingerprint density at radius 3 is 2.21 bits per heavy atom. The van der Waals surface area contributed by atoms with E-state index < -0.39 is 84.3 Å². The SMILES string of the molecule is CC[C@H](C)OC(=O)C(C)C(OC1CC(C)(OC)C(O)C(C)O1)C(C)C(OC1OC(C)CC(N(C)C)C1O)C(C)(O)CC(C)NCC(C)C(O)C(C)O. The quantitative estimate of drug-likeness (QED) is 0.0994. The summed E-state index contributed by atoms with van der Waals surface area (Å²) in [5.74, 6) is -2.32. The predicted molar refractivity (Wildman–Crippen MR) is 196 cm³/mol. The van der Waals surface area contributed by atoms with Gasteiger partial charge in [-0.1, -0.05) is 20.8 Å². The zero-order chi connectivity index (χ0) is 39.9. The number of hydrogen-bond acceptors (Lipinski definition) is 14. The van der Waals surface area contributed by atoms with E-state index in [0.29, 0.717) is 19.4 Å². The Labute approximate surface area is 312 Å². The number of esters is 1. The first kappa shape index (κ1) is 47.1. The number of aliphatic hydroxyl groups excluding tert-OH is 4. The van der Waals surface area contributed by atoms with Gasteiger partial charge in [0.25, 0.3) is 0 Å².